The second-order valence-electron chi connectivity index (χ2n) is 6.65. The summed E-state index contributed by atoms with van der Waals surface area (Å²) in [6, 6.07) is 6.77. The molecule has 0 N–H and O–H groups in total. The van der Waals surface area contributed by atoms with Crippen LogP contribution >= 0.6 is 11.6 Å². The van der Waals surface area contributed by atoms with Crippen LogP contribution in [0.3, 0.4) is 0 Å². The summed E-state index contributed by atoms with van der Waals surface area (Å²) in [6.45, 7) is 9.38. The van der Waals surface area contributed by atoms with E-state index in [2.05, 4.69) is 34.9 Å². The fraction of sp³-hybridized carbons (Fsp3) is 0.647. The third-order valence-electron chi connectivity index (χ3n) is 5.54. The van der Waals surface area contributed by atoms with Gasteiger partial charge in [0, 0.05) is 31.6 Å². The zero-order valence-electron chi connectivity index (χ0n) is 12.6. The van der Waals surface area contributed by atoms with Crippen LogP contribution in [0, 0.1) is 5.92 Å². The molecule has 3 nitrogen and oxygen atoms in total. The molecule has 0 amide bonds. The average molecular weight is 307 g/mol. The molecular weight excluding hydrogens is 284 g/mol. The number of fused-ring (bicyclic) bond motifs is 1. The Balaban J connectivity index is 1.57. The van der Waals surface area contributed by atoms with Gasteiger partial charge >= 0.3 is 0 Å². The topological polar surface area (TPSA) is 15.7 Å². The number of ether oxygens (including phenoxy) is 1. The number of hydrogen-bond donors (Lipinski definition) is 0. The molecule has 4 rings (SSSR count). The lowest BCUT2D eigenvalue weighted by Gasteiger charge is -2.30. The molecule has 21 heavy (non-hydrogen) atoms. The number of likely N-dealkylation sites (N-methyl/N-ethyl adjacent to an activating group) is 1. The number of hydrogen-bond acceptors (Lipinski definition) is 3. The molecule has 2 unspecified atom stereocenters. The molecule has 0 radical (unpaired) electrons. The summed E-state index contributed by atoms with van der Waals surface area (Å²) in [5.41, 5.74) is 3.02. The minimum atomic E-state index is 0.406. The lowest BCUT2D eigenvalue weighted by Crippen LogP contribution is -2.36. The van der Waals surface area contributed by atoms with Crippen LogP contribution in [0.1, 0.15) is 18.9 Å². The minimum absolute atomic E-state index is 0.406. The van der Waals surface area contributed by atoms with Crippen LogP contribution in [0.25, 0.3) is 0 Å². The predicted octanol–water partition coefficient (Wildman–Crippen LogP) is 2.77. The summed E-state index contributed by atoms with van der Waals surface area (Å²) >= 11 is 6.60. The molecule has 0 spiro atoms. The molecule has 114 valence electrons. The van der Waals surface area contributed by atoms with Crippen LogP contribution in [0.15, 0.2) is 18.2 Å². The highest BCUT2D eigenvalue weighted by molar-refractivity contribution is 6.33. The molecule has 0 aromatic heterocycles. The molecule has 2 atom stereocenters. The maximum Gasteiger partial charge on any atom is 0.0642 e. The van der Waals surface area contributed by atoms with Crippen LogP contribution in [-0.2, 0) is 10.2 Å². The predicted molar refractivity (Wildman–Crippen MR) is 86.4 cm³/mol. The summed E-state index contributed by atoms with van der Waals surface area (Å²) < 4.78 is 5.42. The van der Waals surface area contributed by atoms with E-state index in [1.807, 2.05) is 0 Å². The fourth-order valence-corrected chi connectivity index (χ4v) is 4.45. The SMILES string of the molecule is CCN1CC2CC2(c2ccc(N3CCOCC3)c(Cl)c2)C1. The van der Waals surface area contributed by atoms with Gasteiger partial charge in [-0.1, -0.05) is 24.6 Å². The van der Waals surface area contributed by atoms with Gasteiger partial charge in [-0.3, -0.25) is 0 Å². The maximum atomic E-state index is 6.60. The molecule has 1 saturated carbocycles. The summed E-state index contributed by atoms with van der Waals surface area (Å²) in [6.07, 6.45) is 1.34. The third-order valence-corrected chi connectivity index (χ3v) is 5.84. The van der Waals surface area contributed by atoms with Crippen LogP contribution in [0.4, 0.5) is 5.69 Å². The minimum Gasteiger partial charge on any atom is -0.378 e. The summed E-state index contributed by atoms with van der Waals surface area (Å²) in [5.74, 6) is 0.850. The van der Waals surface area contributed by atoms with Crippen molar-refractivity contribution in [3.05, 3.63) is 28.8 Å². The number of nitrogens with zero attached hydrogens (tertiary/aromatic N) is 2. The van der Waals surface area contributed by atoms with Gasteiger partial charge in [-0.05, 0) is 36.6 Å². The molecule has 2 aliphatic heterocycles. The van der Waals surface area contributed by atoms with Crippen molar-refractivity contribution in [1.29, 1.82) is 0 Å². The van der Waals surface area contributed by atoms with E-state index in [1.54, 1.807) is 0 Å². The number of likely N-dealkylation sites (tertiary alicyclic amines) is 1. The number of rotatable bonds is 3. The van der Waals surface area contributed by atoms with Crippen molar-refractivity contribution >= 4 is 17.3 Å². The lowest BCUT2D eigenvalue weighted by atomic mass is 9.94. The largest absolute Gasteiger partial charge is 0.378 e. The molecule has 0 bridgehead atoms. The molecule has 2 heterocycles. The molecule has 1 aromatic carbocycles. The van der Waals surface area contributed by atoms with Crippen molar-refractivity contribution in [2.75, 3.05) is 50.8 Å². The van der Waals surface area contributed by atoms with Gasteiger partial charge in [0.1, 0.15) is 0 Å². The first-order chi connectivity index (χ1) is 10.2. The van der Waals surface area contributed by atoms with Crippen LogP contribution in [0.2, 0.25) is 5.02 Å². The highest BCUT2D eigenvalue weighted by Gasteiger charge is 2.60. The van der Waals surface area contributed by atoms with E-state index in [9.17, 15) is 0 Å². The lowest BCUT2D eigenvalue weighted by molar-refractivity contribution is 0.122. The van der Waals surface area contributed by atoms with Gasteiger partial charge in [0.2, 0.25) is 0 Å². The van der Waals surface area contributed by atoms with E-state index in [0.29, 0.717) is 5.41 Å². The number of morpholine rings is 1. The van der Waals surface area contributed by atoms with Gasteiger partial charge in [-0.25, -0.2) is 0 Å². The Kier molecular flexibility index (Phi) is 3.40. The molecule has 2 saturated heterocycles. The van der Waals surface area contributed by atoms with Crippen LogP contribution in [-0.4, -0.2) is 50.8 Å². The van der Waals surface area contributed by atoms with Gasteiger partial charge in [-0.2, -0.15) is 0 Å². The second kappa shape index (κ2) is 5.15. The number of piperidine rings is 1. The van der Waals surface area contributed by atoms with Gasteiger partial charge in [0.05, 0.1) is 23.9 Å². The van der Waals surface area contributed by atoms with Crippen molar-refractivity contribution in [3.63, 3.8) is 0 Å². The van der Waals surface area contributed by atoms with Gasteiger partial charge in [0.25, 0.3) is 0 Å². The van der Waals surface area contributed by atoms with E-state index in [1.165, 1.54) is 30.8 Å². The molecule has 1 aliphatic carbocycles. The zero-order valence-corrected chi connectivity index (χ0v) is 13.4. The van der Waals surface area contributed by atoms with E-state index in [0.717, 1.165) is 43.8 Å². The van der Waals surface area contributed by atoms with Crippen LogP contribution < -0.4 is 4.90 Å². The zero-order chi connectivity index (χ0) is 14.4. The fourth-order valence-electron chi connectivity index (χ4n) is 4.15. The first kappa shape index (κ1) is 13.9. The van der Waals surface area contributed by atoms with Crippen molar-refractivity contribution in [2.24, 2.45) is 5.92 Å². The highest BCUT2D eigenvalue weighted by Crippen LogP contribution is 2.59. The van der Waals surface area contributed by atoms with Crippen molar-refractivity contribution in [3.8, 4) is 0 Å². The first-order valence-corrected chi connectivity index (χ1v) is 8.46. The van der Waals surface area contributed by atoms with Crippen molar-refractivity contribution in [1.82, 2.24) is 4.90 Å². The monoisotopic (exact) mass is 306 g/mol. The summed E-state index contributed by atoms with van der Waals surface area (Å²) in [7, 11) is 0. The Morgan fingerprint density at radius 3 is 2.81 bits per heavy atom. The van der Waals surface area contributed by atoms with Crippen LogP contribution in [0.5, 0.6) is 0 Å². The molecular formula is C17H23ClN2O. The second-order valence-corrected chi connectivity index (χ2v) is 7.06. The summed E-state index contributed by atoms with van der Waals surface area (Å²) in [5, 5.41) is 0.907. The Morgan fingerprint density at radius 2 is 2.14 bits per heavy atom. The van der Waals surface area contributed by atoms with E-state index >= 15 is 0 Å². The number of anilines is 1. The quantitative estimate of drug-likeness (QED) is 0.854. The van der Waals surface area contributed by atoms with Crippen molar-refractivity contribution < 1.29 is 4.74 Å². The smallest absolute Gasteiger partial charge is 0.0642 e. The van der Waals surface area contributed by atoms with E-state index in [4.69, 9.17) is 16.3 Å². The van der Waals surface area contributed by atoms with E-state index in [-0.39, 0.29) is 0 Å². The van der Waals surface area contributed by atoms with E-state index < -0.39 is 0 Å². The third kappa shape index (κ3) is 2.26. The summed E-state index contributed by atoms with van der Waals surface area (Å²) in [4.78, 5) is 4.91. The number of halogens is 1. The van der Waals surface area contributed by atoms with Gasteiger partial charge < -0.3 is 14.5 Å². The average Bonchev–Trinajstić information content (AvgIpc) is 3.10. The Morgan fingerprint density at radius 1 is 1.33 bits per heavy atom. The standard InChI is InChI=1S/C17H23ClN2O/c1-2-19-11-14-10-17(14,12-19)13-3-4-16(15(18)9-13)20-5-7-21-8-6-20/h3-4,9,14H,2,5-8,10-12H2,1H3. The molecule has 3 fully saturated rings. The number of benzene rings is 1. The molecule has 3 aliphatic rings. The normalized spacial score (nSPS) is 32.3. The molecule has 1 aromatic rings. The Bertz CT molecular complexity index is 544. The van der Waals surface area contributed by atoms with Crippen molar-refractivity contribution in [2.45, 2.75) is 18.8 Å². The highest BCUT2D eigenvalue weighted by atomic mass is 35.5. The Labute approximate surface area is 131 Å². The molecule has 4 heteroatoms. The van der Waals surface area contributed by atoms with Gasteiger partial charge in [0.15, 0.2) is 0 Å². The van der Waals surface area contributed by atoms with Gasteiger partial charge in [-0.15, -0.1) is 0 Å². The first-order valence-electron chi connectivity index (χ1n) is 8.08. The maximum absolute atomic E-state index is 6.60. The Hall–Kier alpha value is -0.770.